The van der Waals surface area contributed by atoms with Gasteiger partial charge in [-0.05, 0) is 11.6 Å². The molecule has 0 heterocycles. The Labute approximate surface area is 198 Å². The first kappa shape index (κ1) is 30.8. The third-order valence-electron chi connectivity index (χ3n) is 4.23. The van der Waals surface area contributed by atoms with Gasteiger partial charge >= 0.3 is 0 Å². The lowest BCUT2D eigenvalue weighted by Crippen LogP contribution is -2.32. The molecule has 0 aromatic heterocycles. The Kier molecular flexibility index (Phi) is 18.8. The highest BCUT2D eigenvalue weighted by atomic mass is 35.5. The van der Waals surface area contributed by atoms with Gasteiger partial charge in [-0.25, -0.2) is 0 Å². The Morgan fingerprint density at radius 2 is 1.17 bits per heavy atom. The highest BCUT2D eigenvalue weighted by Gasteiger charge is 2.15. The molecule has 2 aromatic rings. The second-order valence-electron chi connectivity index (χ2n) is 6.08. The molecule has 0 saturated heterocycles. The molecule has 0 spiro atoms. The summed E-state index contributed by atoms with van der Waals surface area (Å²) in [6.45, 7) is 5.27. The summed E-state index contributed by atoms with van der Waals surface area (Å²) in [5.74, 6) is 2.01. The number of nitrogens with one attached hydrogen (secondary N) is 3. The number of benzene rings is 2. The second kappa shape index (κ2) is 18.4. The third-order valence-corrected chi connectivity index (χ3v) is 4.23. The summed E-state index contributed by atoms with van der Waals surface area (Å²) in [5, 5.41) is 10.3. The molecular formula is C21H34Cl3N3O3. The maximum Gasteiger partial charge on any atom is 0.203 e. The normalized spacial score (nSPS) is 9.57. The Hall–Kier alpha value is -1.41. The number of rotatable bonds is 13. The quantitative estimate of drug-likeness (QED) is 0.380. The van der Waals surface area contributed by atoms with Gasteiger partial charge in [-0.3, -0.25) is 0 Å². The molecule has 3 N–H and O–H groups in total. The minimum atomic E-state index is 0. The molecule has 0 amide bonds. The average Bonchev–Trinajstić information content (AvgIpc) is 2.72. The molecule has 9 heteroatoms. The fraction of sp³-hybridized carbons (Fsp3) is 0.429. The van der Waals surface area contributed by atoms with Crippen molar-refractivity contribution in [1.29, 1.82) is 0 Å². The van der Waals surface area contributed by atoms with Gasteiger partial charge in [-0.15, -0.1) is 37.2 Å². The van der Waals surface area contributed by atoms with E-state index in [0.717, 1.165) is 38.3 Å². The first-order valence-electron chi connectivity index (χ1n) is 9.24. The maximum absolute atomic E-state index is 5.50. The van der Waals surface area contributed by atoms with Gasteiger partial charge in [-0.1, -0.05) is 36.4 Å². The summed E-state index contributed by atoms with van der Waals surface area (Å²) in [6, 6.07) is 14.3. The molecule has 172 valence electrons. The van der Waals surface area contributed by atoms with Crippen molar-refractivity contribution in [3.63, 3.8) is 0 Å². The fourth-order valence-corrected chi connectivity index (χ4v) is 2.83. The first-order chi connectivity index (χ1) is 13.3. The molecule has 0 atom stereocenters. The van der Waals surface area contributed by atoms with Crippen molar-refractivity contribution in [2.24, 2.45) is 0 Å². The first-order valence-corrected chi connectivity index (χ1v) is 9.24. The van der Waals surface area contributed by atoms with E-state index in [2.05, 4.69) is 40.2 Å². The van der Waals surface area contributed by atoms with Crippen molar-refractivity contribution in [2.75, 3.05) is 47.5 Å². The standard InChI is InChI=1S/C21H31N3O3.3ClH/c1-25-19-10-9-18(20(26-2)21(19)27-3)16-24-14-12-22-11-13-23-15-17-7-5-4-6-8-17;;;/h4-10,22-24H,11-16H2,1-3H3;3*1H. The van der Waals surface area contributed by atoms with E-state index in [0.29, 0.717) is 23.8 Å². The van der Waals surface area contributed by atoms with Crippen LogP contribution in [0.4, 0.5) is 0 Å². The lowest BCUT2D eigenvalue weighted by Gasteiger charge is -2.16. The van der Waals surface area contributed by atoms with E-state index < -0.39 is 0 Å². The van der Waals surface area contributed by atoms with Crippen LogP contribution in [0.1, 0.15) is 11.1 Å². The van der Waals surface area contributed by atoms with E-state index in [1.54, 1.807) is 21.3 Å². The topological polar surface area (TPSA) is 63.8 Å². The fourth-order valence-electron chi connectivity index (χ4n) is 2.83. The Bertz CT molecular complexity index is 679. The summed E-state index contributed by atoms with van der Waals surface area (Å²) in [6.07, 6.45) is 0. The van der Waals surface area contributed by atoms with Crippen LogP contribution >= 0.6 is 37.2 Å². The number of hydrogen-bond acceptors (Lipinski definition) is 6. The summed E-state index contributed by atoms with van der Waals surface area (Å²) < 4.78 is 16.2. The molecule has 0 unspecified atom stereocenters. The van der Waals surface area contributed by atoms with Crippen LogP contribution in [0.25, 0.3) is 0 Å². The van der Waals surface area contributed by atoms with Crippen molar-refractivity contribution in [3.8, 4) is 17.2 Å². The van der Waals surface area contributed by atoms with Crippen LogP contribution in [0.5, 0.6) is 17.2 Å². The van der Waals surface area contributed by atoms with E-state index in [-0.39, 0.29) is 37.2 Å². The minimum absolute atomic E-state index is 0. The summed E-state index contributed by atoms with van der Waals surface area (Å²) in [4.78, 5) is 0. The highest BCUT2D eigenvalue weighted by molar-refractivity contribution is 5.86. The number of hydrogen-bond donors (Lipinski definition) is 3. The van der Waals surface area contributed by atoms with E-state index in [1.807, 2.05) is 18.2 Å². The smallest absolute Gasteiger partial charge is 0.203 e. The summed E-state index contributed by atoms with van der Waals surface area (Å²) >= 11 is 0. The van der Waals surface area contributed by atoms with Crippen molar-refractivity contribution >= 4 is 37.2 Å². The van der Waals surface area contributed by atoms with Gasteiger partial charge in [0.05, 0.1) is 21.3 Å². The molecule has 0 bridgehead atoms. The highest BCUT2D eigenvalue weighted by Crippen LogP contribution is 2.39. The predicted octanol–water partition coefficient (Wildman–Crippen LogP) is 3.45. The Morgan fingerprint density at radius 3 is 1.73 bits per heavy atom. The monoisotopic (exact) mass is 481 g/mol. The molecule has 0 saturated carbocycles. The van der Waals surface area contributed by atoms with Crippen LogP contribution in [0, 0.1) is 0 Å². The van der Waals surface area contributed by atoms with E-state index in [4.69, 9.17) is 14.2 Å². The van der Waals surface area contributed by atoms with Crippen molar-refractivity contribution < 1.29 is 14.2 Å². The van der Waals surface area contributed by atoms with Crippen LogP contribution in [0.15, 0.2) is 42.5 Å². The zero-order chi connectivity index (χ0) is 19.3. The van der Waals surface area contributed by atoms with Gasteiger partial charge in [0.1, 0.15) is 0 Å². The van der Waals surface area contributed by atoms with E-state index >= 15 is 0 Å². The van der Waals surface area contributed by atoms with Crippen molar-refractivity contribution in [2.45, 2.75) is 13.1 Å². The van der Waals surface area contributed by atoms with Crippen molar-refractivity contribution in [3.05, 3.63) is 53.6 Å². The maximum atomic E-state index is 5.50. The molecule has 2 aromatic carbocycles. The second-order valence-corrected chi connectivity index (χ2v) is 6.08. The Balaban J connectivity index is 0. The Morgan fingerprint density at radius 1 is 0.600 bits per heavy atom. The molecule has 30 heavy (non-hydrogen) atoms. The van der Waals surface area contributed by atoms with Crippen LogP contribution in [0.3, 0.4) is 0 Å². The van der Waals surface area contributed by atoms with Crippen LogP contribution in [-0.2, 0) is 13.1 Å². The van der Waals surface area contributed by atoms with Crippen LogP contribution in [-0.4, -0.2) is 47.5 Å². The van der Waals surface area contributed by atoms with Gasteiger partial charge in [0.15, 0.2) is 11.5 Å². The molecule has 2 rings (SSSR count). The SMILES string of the molecule is COc1ccc(CNCCNCCNCc2ccccc2)c(OC)c1OC.Cl.Cl.Cl. The molecular weight excluding hydrogens is 449 g/mol. The molecule has 0 aliphatic carbocycles. The van der Waals surface area contributed by atoms with Crippen LogP contribution in [0.2, 0.25) is 0 Å². The zero-order valence-corrected chi connectivity index (χ0v) is 20.2. The van der Waals surface area contributed by atoms with Crippen LogP contribution < -0.4 is 30.2 Å². The predicted molar refractivity (Wildman–Crippen MR) is 131 cm³/mol. The van der Waals surface area contributed by atoms with Gasteiger partial charge < -0.3 is 30.2 Å². The lowest BCUT2D eigenvalue weighted by atomic mass is 10.1. The van der Waals surface area contributed by atoms with Crippen molar-refractivity contribution in [1.82, 2.24) is 16.0 Å². The number of halogens is 3. The van der Waals surface area contributed by atoms with Gasteiger partial charge in [0.25, 0.3) is 0 Å². The molecule has 0 fully saturated rings. The summed E-state index contributed by atoms with van der Waals surface area (Å²) in [5.41, 5.74) is 2.35. The minimum Gasteiger partial charge on any atom is -0.493 e. The largest absolute Gasteiger partial charge is 0.493 e. The van der Waals surface area contributed by atoms with E-state index in [9.17, 15) is 0 Å². The van der Waals surface area contributed by atoms with E-state index in [1.165, 1.54) is 5.56 Å². The lowest BCUT2D eigenvalue weighted by molar-refractivity contribution is 0.321. The van der Waals surface area contributed by atoms with Gasteiger partial charge in [0.2, 0.25) is 5.75 Å². The third kappa shape index (κ3) is 10.1. The van der Waals surface area contributed by atoms with Gasteiger partial charge in [0, 0.05) is 44.8 Å². The summed E-state index contributed by atoms with van der Waals surface area (Å²) in [7, 11) is 4.88. The number of ether oxygens (including phenoxy) is 3. The molecule has 0 aliphatic heterocycles. The average molecular weight is 483 g/mol. The molecule has 0 aliphatic rings. The van der Waals surface area contributed by atoms with Gasteiger partial charge in [-0.2, -0.15) is 0 Å². The number of methoxy groups -OCH3 is 3. The molecule has 6 nitrogen and oxygen atoms in total. The zero-order valence-electron chi connectivity index (χ0n) is 17.7. The molecule has 0 radical (unpaired) electrons.